The number of aryl methyl sites for hydroxylation is 2. The maximum atomic E-state index is 12.9. The lowest BCUT2D eigenvalue weighted by atomic mass is 9.77. The maximum Gasteiger partial charge on any atom is 0.326 e. The Balaban J connectivity index is 1.87. The van der Waals surface area contributed by atoms with E-state index >= 15 is 0 Å². The second-order valence-electron chi connectivity index (χ2n) is 6.82. The van der Waals surface area contributed by atoms with Gasteiger partial charge >= 0.3 is 6.03 Å². The smallest absolute Gasteiger partial charge is 0.308 e. The fourth-order valence-corrected chi connectivity index (χ4v) is 3.10. The topological polar surface area (TPSA) is 32.3 Å². The van der Waals surface area contributed by atoms with Crippen molar-refractivity contribution in [1.29, 1.82) is 0 Å². The van der Waals surface area contributed by atoms with Gasteiger partial charge in [0.05, 0.1) is 0 Å². The van der Waals surface area contributed by atoms with Crippen molar-refractivity contribution in [3.05, 3.63) is 59.7 Å². The van der Waals surface area contributed by atoms with Crippen LogP contribution in [0.5, 0.6) is 0 Å². The number of nitrogens with zero attached hydrogens (tertiary/aromatic N) is 1. The van der Waals surface area contributed by atoms with Crippen molar-refractivity contribution in [2.45, 2.75) is 45.6 Å². The van der Waals surface area contributed by atoms with Crippen molar-refractivity contribution in [1.82, 2.24) is 0 Å². The van der Waals surface area contributed by atoms with Crippen LogP contribution in [0.4, 0.5) is 16.2 Å². The lowest BCUT2D eigenvalue weighted by molar-refractivity contribution is 0.225. The van der Waals surface area contributed by atoms with Crippen molar-refractivity contribution in [2.75, 3.05) is 10.2 Å². The molecule has 0 aliphatic heterocycles. The second kappa shape index (κ2) is 6.07. The van der Waals surface area contributed by atoms with Gasteiger partial charge in [-0.15, -0.1) is 0 Å². The van der Waals surface area contributed by atoms with Crippen LogP contribution >= 0.6 is 0 Å². The van der Waals surface area contributed by atoms with Crippen LogP contribution in [-0.4, -0.2) is 11.6 Å². The third-order valence-corrected chi connectivity index (χ3v) is 4.77. The van der Waals surface area contributed by atoms with Gasteiger partial charge in [-0.3, -0.25) is 4.90 Å². The summed E-state index contributed by atoms with van der Waals surface area (Å²) in [6, 6.07) is 16.1. The molecule has 0 saturated heterocycles. The molecular formula is C20H24N2O. The highest BCUT2D eigenvalue weighted by Gasteiger charge is 2.41. The molecular weight excluding hydrogens is 284 g/mol. The first kappa shape index (κ1) is 15.6. The quantitative estimate of drug-likeness (QED) is 0.821. The van der Waals surface area contributed by atoms with Crippen molar-refractivity contribution in [2.24, 2.45) is 0 Å². The number of amides is 2. The minimum atomic E-state index is -0.0932. The molecule has 0 spiro atoms. The third-order valence-electron chi connectivity index (χ3n) is 4.77. The Hall–Kier alpha value is -2.29. The zero-order valence-electron chi connectivity index (χ0n) is 14.1. The molecule has 3 heteroatoms. The van der Waals surface area contributed by atoms with Gasteiger partial charge in [-0.05, 0) is 64.3 Å². The predicted octanol–water partition coefficient (Wildman–Crippen LogP) is 5.28. The van der Waals surface area contributed by atoms with E-state index in [1.807, 2.05) is 48.2 Å². The van der Waals surface area contributed by atoms with Crippen LogP contribution in [0.3, 0.4) is 0 Å². The second-order valence-corrected chi connectivity index (χ2v) is 6.82. The van der Waals surface area contributed by atoms with Gasteiger partial charge in [0, 0.05) is 16.9 Å². The molecule has 120 valence electrons. The van der Waals surface area contributed by atoms with Crippen LogP contribution < -0.4 is 10.2 Å². The van der Waals surface area contributed by atoms with E-state index in [0.29, 0.717) is 0 Å². The molecule has 2 aromatic carbocycles. The number of hydrogen-bond donors (Lipinski definition) is 1. The van der Waals surface area contributed by atoms with E-state index in [0.717, 1.165) is 24.2 Å². The van der Waals surface area contributed by atoms with Crippen molar-refractivity contribution < 1.29 is 4.79 Å². The number of carbonyl (C=O) groups is 1. The summed E-state index contributed by atoms with van der Waals surface area (Å²) in [5.41, 5.74) is 4.09. The fourth-order valence-electron chi connectivity index (χ4n) is 3.10. The summed E-state index contributed by atoms with van der Waals surface area (Å²) < 4.78 is 0. The number of rotatable bonds is 3. The Morgan fingerprint density at radius 2 is 1.48 bits per heavy atom. The monoisotopic (exact) mass is 308 g/mol. The number of urea groups is 1. The van der Waals surface area contributed by atoms with Crippen molar-refractivity contribution >= 4 is 17.4 Å². The summed E-state index contributed by atoms with van der Waals surface area (Å²) >= 11 is 0. The molecule has 0 atom stereocenters. The molecule has 0 unspecified atom stereocenters. The Bertz CT molecular complexity index is 685. The molecule has 2 aromatic rings. The van der Waals surface area contributed by atoms with E-state index in [2.05, 4.69) is 31.3 Å². The summed E-state index contributed by atoms with van der Waals surface area (Å²) in [7, 11) is 0. The van der Waals surface area contributed by atoms with E-state index in [-0.39, 0.29) is 11.6 Å². The van der Waals surface area contributed by atoms with Gasteiger partial charge in [-0.1, -0.05) is 35.4 Å². The molecule has 0 bridgehead atoms. The average molecular weight is 308 g/mol. The highest BCUT2D eigenvalue weighted by molar-refractivity contribution is 6.03. The zero-order chi connectivity index (χ0) is 16.4. The molecule has 1 aliphatic carbocycles. The number of hydrogen-bond acceptors (Lipinski definition) is 1. The van der Waals surface area contributed by atoms with Gasteiger partial charge in [-0.2, -0.15) is 0 Å². The van der Waals surface area contributed by atoms with Gasteiger partial charge in [0.1, 0.15) is 0 Å². The van der Waals surface area contributed by atoms with Crippen LogP contribution in [0.25, 0.3) is 0 Å². The lowest BCUT2D eigenvalue weighted by Gasteiger charge is -2.47. The Labute approximate surface area is 138 Å². The summed E-state index contributed by atoms with van der Waals surface area (Å²) in [5.74, 6) is 0. The molecule has 3 nitrogen and oxygen atoms in total. The van der Waals surface area contributed by atoms with E-state index < -0.39 is 0 Å². The lowest BCUT2D eigenvalue weighted by Crippen LogP contribution is -2.56. The maximum absolute atomic E-state index is 12.9. The van der Waals surface area contributed by atoms with Crippen molar-refractivity contribution in [3.8, 4) is 0 Å². The van der Waals surface area contributed by atoms with Crippen molar-refractivity contribution in [3.63, 3.8) is 0 Å². The van der Waals surface area contributed by atoms with E-state index in [4.69, 9.17) is 0 Å². The SMILES string of the molecule is Cc1ccc(NC(=O)N(c2ccc(C)cc2)C2(C)CCC2)cc1. The van der Waals surface area contributed by atoms with E-state index in [9.17, 15) is 4.79 Å². The first-order valence-corrected chi connectivity index (χ1v) is 8.22. The normalized spacial score (nSPS) is 15.6. The molecule has 1 N–H and O–H groups in total. The molecule has 2 amide bonds. The minimum absolute atomic E-state index is 0.0556. The molecule has 0 heterocycles. The number of carbonyl (C=O) groups excluding carboxylic acids is 1. The van der Waals surface area contributed by atoms with Crippen LogP contribution in [0.15, 0.2) is 48.5 Å². The number of nitrogens with one attached hydrogen (secondary N) is 1. The molecule has 0 radical (unpaired) electrons. The summed E-state index contributed by atoms with van der Waals surface area (Å²) in [4.78, 5) is 14.9. The molecule has 3 rings (SSSR count). The first-order chi connectivity index (χ1) is 11.0. The van der Waals surface area contributed by atoms with E-state index in [1.165, 1.54) is 17.5 Å². The van der Waals surface area contributed by atoms with Crippen LogP contribution in [0.2, 0.25) is 0 Å². The fraction of sp³-hybridized carbons (Fsp3) is 0.350. The summed E-state index contributed by atoms with van der Waals surface area (Å²) in [6.07, 6.45) is 3.26. The molecule has 1 saturated carbocycles. The van der Waals surface area contributed by atoms with Crippen LogP contribution in [-0.2, 0) is 0 Å². The molecule has 23 heavy (non-hydrogen) atoms. The van der Waals surface area contributed by atoms with Gasteiger partial charge in [-0.25, -0.2) is 4.79 Å². The third kappa shape index (κ3) is 3.24. The Morgan fingerprint density at radius 1 is 0.957 bits per heavy atom. The number of benzene rings is 2. The minimum Gasteiger partial charge on any atom is -0.308 e. The van der Waals surface area contributed by atoms with Crippen LogP contribution in [0, 0.1) is 13.8 Å². The molecule has 0 aromatic heterocycles. The average Bonchev–Trinajstić information content (AvgIpc) is 2.50. The van der Waals surface area contributed by atoms with Gasteiger partial charge in [0.25, 0.3) is 0 Å². The Morgan fingerprint density at radius 3 is 1.96 bits per heavy atom. The highest BCUT2D eigenvalue weighted by atomic mass is 16.2. The molecule has 1 aliphatic rings. The number of anilines is 2. The Kier molecular flexibility index (Phi) is 4.12. The van der Waals surface area contributed by atoms with Gasteiger partial charge in [0.2, 0.25) is 0 Å². The van der Waals surface area contributed by atoms with Gasteiger partial charge in [0.15, 0.2) is 0 Å². The zero-order valence-corrected chi connectivity index (χ0v) is 14.1. The largest absolute Gasteiger partial charge is 0.326 e. The standard InChI is InChI=1S/C20H24N2O/c1-15-5-9-17(10-6-15)21-19(23)22(20(3)13-4-14-20)18-11-7-16(2)8-12-18/h5-12H,4,13-14H2,1-3H3,(H,21,23). The van der Waals surface area contributed by atoms with Crippen LogP contribution in [0.1, 0.15) is 37.3 Å². The summed E-state index contributed by atoms with van der Waals surface area (Å²) in [6.45, 7) is 6.27. The van der Waals surface area contributed by atoms with Gasteiger partial charge < -0.3 is 5.32 Å². The highest BCUT2D eigenvalue weighted by Crippen LogP contribution is 2.40. The summed E-state index contributed by atoms with van der Waals surface area (Å²) in [5, 5.41) is 3.04. The first-order valence-electron chi connectivity index (χ1n) is 8.22. The van der Waals surface area contributed by atoms with E-state index in [1.54, 1.807) is 0 Å². The predicted molar refractivity (Wildman–Crippen MR) is 96.1 cm³/mol. The molecule has 1 fully saturated rings.